The van der Waals surface area contributed by atoms with E-state index in [0.29, 0.717) is 37.6 Å². The summed E-state index contributed by atoms with van der Waals surface area (Å²) in [7, 11) is 0. The number of nitrogens with zero attached hydrogens (tertiary/aromatic N) is 2. The lowest BCUT2D eigenvalue weighted by atomic mass is 10.1. The van der Waals surface area contributed by atoms with E-state index in [1.807, 2.05) is 43.9 Å². The molecule has 28 heavy (non-hydrogen) atoms. The fourth-order valence-electron chi connectivity index (χ4n) is 3.13. The maximum absolute atomic E-state index is 12.2. The number of unbranched alkanes of at least 4 members (excludes halogenated alkanes) is 1. The maximum Gasteiger partial charge on any atom is 0.226 e. The second kappa shape index (κ2) is 10.6. The van der Waals surface area contributed by atoms with Gasteiger partial charge in [0.05, 0.1) is 16.4 Å². The Morgan fingerprint density at radius 3 is 2.50 bits per heavy atom. The SMILES string of the molecule is CCCCC(=O)NC(=S)Nc1cccc(Cl)c1N1CCN(C(=O)C(C)C)CC1. The summed E-state index contributed by atoms with van der Waals surface area (Å²) in [5, 5.41) is 6.68. The zero-order chi connectivity index (χ0) is 20.7. The van der Waals surface area contributed by atoms with Crippen LogP contribution in [-0.4, -0.2) is 48.0 Å². The Hall–Kier alpha value is -1.86. The van der Waals surface area contributed by atoms with Crippen molar-refractivity contribution in [3.63, 3.8) is 0 Å². The van der Waals surface area contributed by atoms with Gasteiger partial charge in [0.2, 0.25) is 11.8 Å². The molecule has 0 saturated carbocycles. The van der Waals surface area contributed by atoms with Crippen LogP contribution in [0.2, 0.25) is 5.02 Å². The molecule has 2 N–H and O–H groups in total. The number of amides is 2. The number of carbonyl (C=O) groups excluding carboxylic acids is 2. The van der Waals surface area contributed by atoms with Crippen molar-refractivity contribution in [3.8, 4) is 0 Å². The number of para-hydroxylation sites is 1. The molecule has 0 unspecified atom stereocenters. The third-order valence-electron chi connectivity index (χ3n) is 4.65. The van der Waals surface area contributed by atoms with Gasteiger partial charge in [-0.05, 0) is 30.8 Å². The van der Waals surface area contributed by atoms with E-state index in [2.05, 4.69) is 15.5 Å². The van der Waals surface area contributed by atoms with Crippen molar-refractivity contribution in [1.82, 2.24) is 10.2 Å². The molecule has 2 amide bonds. The van der Waals surface area contributed by atoms with Crippen LogP contribution in [0, 0.1) is 5.92 Å². The number of nitrogens with one attached hydrogen (secondary N) is 2. The first-order chi connectivity index (χ1) is 13.3. The quantitative estimate of drug-likeness (QED) is 0.682. The molecule has 6 nitrogen and oxygen atoms in total. The maximum atomic E-state index is 12.2. The number of hydrogen-bond acceptors (Lipinski definition) is 4. The molecule has 1 aliphatic heterocycles. The summed E-state index contributed by atoms with van der Waals surface area (Å²) in [6, 6.07) is 5.56. The topological polar surface area (TPSA) is 64.7 Å². The van der Waals surface area contributed by atoms with Gasteiger partial charge in [-0.15, -0.1) is 0 Å². The molecule has 0 aliphatic carbocycles. The highest BCUT2D eigenvalue weighted by Gasteiger charge is 2.25. The van der Waals surface area contributed by atoms with Gasteiger partial charge in [0.1, 0.15) is 0 Å². The Labute approximate surface area is 177 Å². The normalized spacial score (nSPS) is 14.2. The van der Waals surface area contributed by atoms with Gasteiger partial charge >= 0.3 is 0 Å². The lowest BCUT2D eigenvalue weighted by Crippen LogP contribution is -2.50. The van der Waals surface area contributed by atoms with Crippen LogP contribution < -0.4 is 15.5 Å². The second-order valence-electron chi connectivity index (χ2n) is 7.21. The summed E-state index contributed by atoms with van der Waals surface area (Å²) in [5.74, 6) is 0.0784. The molecule has 2 rings (SSSR count). The zero-order valence-electron chi connectivity index (χ0n) is 16.8. The van der Waals surface area contributed by atoms with Gasteiger partial charge in [-0.3, -0.25) is 9.59 Å². The van der Waals surface area contributed by atoms with E-state index in [4.69, 9.17) is 23.8 Å². The molecule has 1 saturated heterocycles. The van der Waals surface area contributed by atoms with E-state index >= 15 is 0 Å². The van der Waals surface area contributed by atoms with E-state index < -0.39 is 0 Å². The van der Waals surface area contributed by atoms with Gasteiger partial charge in [-0.2, -0.15) is 0 Å². The van der Waals surface area contributed by atoms with Gasteiger partial charge in [0.15, 0.2) is 5.11 Å². The van der Waals surface area contributed by atoms with Crippen LogP contribution in [0.15, 0.2) is 18.2 Å². The number of hydrogen-bond donors (Lipinski definition) is 2. The van der Waals surface area contributed by atoms with Gasteiger partial charge in [0, 0.05) is 38.5 Å². The molecule has 1 aromatic rings. The standard InChI is InChI=1S/C20H29ClN4O2S/c1-4-5-9-17(26)23-20(28)22-16-8-6-7-15(21)18(16)24-10-12-25(13-11-24)19(27)14(2)3/h6-8,14H,4-5,9-13H2,1-3H3,(H2,22,23,26,28). The highest BCUT2D eigenvalue weighted by molar-refractivity contribution is 7.80. The first-order valence-electron chi connectivity index (χ1n) is 9.76. The number of halogens is 1. The zero-order valence-corrected chi connectivity index (χ0v) is 18.3. The summed E-state index contributed by atoms with van der Waals surface area (Å²) in [6.07, 6.45) is 2.24. The minimum absolute atomic E-state index is 0.00205. The van der Waals surface area contributed by atoms with Crippen LogP contribution in [0.5, 0.6) is 0 Å². The Morgan fingerprint density at radius 1 is 1.21 bits per heavy atom. The van der Waals surface area contributed by atoms with E-state index in [1.54, 1.807) is 0 Å². The summed E-state index contributed by atoms with van der Waals surface area (Å²) in [4.78, 5) is 28.1. The van der Waals surface area contributed by atoms with Gasteiger partial charge in [0.25, 0.3) is 0 Å². The Bertz CT molecular complexity index is 718. The van der Waals surface area contributed by atoms with Gasteiger partial charge in [-0.25, -0.2) is 0 Å². The number of piperazine rings is 1. The molecule has 8 heteroatoms. The third-order valence-corrected chi connectivity index (χ3v) is 5.16. The van der Waals surface area contributed by atoms with Crippen molar-refractivity contribution in [3.05, 3.63) is 23.2 Å². The molecule has 1 aromatic carbocycles. The van der Waals surface area contributed by atoms with Crippen molar-refractivity contribution in [2.75, 3.05) is 36.4 Å². The molecule has 0 radical (unpaired) electrons. The first-order valence-corrected chi connectivity index (χ1v) is 10.5. The van der Waals surface area contributed by atoms with Crippen molar-refractivity contribution in [2.45, 2.75) is 40.0 Å². The van der Waals surface area contributed by atoms with Crippen molar-refractivity contribution in [2.24, 2.45) is 5.92 Å². The summed E-state index contributed by atoms with van der Waals surface area (Å²) in [6.45, 7) is 8.55. The van der Waals surface area contributed by atoms with Crippen LogP contribution in [0.3, 0.4) is 0 Å². The molecule has 1 fully saturated rings. The van der Waals surface area contributed by atoms with Crippen LogP contribution in [-0.2, 0) is 9.59 Å². The Balaban J connectivity index is 2.05. The number of thiocarbonyl (C=S) groups is 1. The minimum Gasteiger partial charge on any atom is -0.365 e. The van der Waals surface area contributed by atoms with Crippen LogP contribution in [0.1, 0.15) is 40.0 Å². The molecular weight excluding hydrogens is 396 g/mol. The van der Waals surface area contributed by atoms with E-state index in [1.165, 1.54) is 0 Å². The highest BCUT2D eigenvalue weighted by atomic mass is 35.5. The average molecular weight is 425 g/mol. The fourth-order valence-corrected chi connectivity index (χ4v) is 3.65. The minimum atomic E-state index is -0.0938. The molecule has 0 atom stereocenters. The van der Waals surface area contributed by atoms with E-state index in [9.17, 15) is 9.59 Å². The van der Waals surface area contributed by atoms with Crippen molar-refractivity contribution < 1.29 is 9.59 Å². The highest BCUT2D eigenvalue weighted by Crippen LogP contribution is 2.34. The molecule has 1 aliphatic rings. The van der Waals surface area contributed by atoms with Crippen LogP contribution >= 0.6 is 23.8 Å². The molecular formula is C20H29ClN4O2S. The lowest BCUT2D eigenvalue weighted by molar-refractivity contribution is -0.134. The van der Waals surface area contributed by atoms with Crippen molar-refractivity contribution in [1.29, 1.82) is 0 Å². The molecule has 1 heterocycles. The monoisotopic (exact) mass is 424 g/mol. The first kappa shape index (κ1) is 22.4. The number of carbonyl (C=O) groups is 2. The second-order valence-corrected chi connectivity index (χ2v) is 8.02. The van der Waals surface area contributed by atoms with Crippen LogP contribution in [0.4, 0.5) is 11.4 Å². The van der Waals surface area contributed by atoms with E-state index in [0.717, 1.165) is 24.2 Å². The number of anilines is 2. The Morgan fingerprint density at radius 2 is 1.89 bits per heavy atom. The van der Waals surface area contributed by atoms with Gasteiger partial charge < -0.3 is 20.4 Å². The summed E-state index contributed by atoms with van der Waals surface area (Å²) < 4.78 is 0. The molecule has 154 valence electrons. The predicted octanol–water partition coefficient (Wildman–Crippen LogP) is 3.65. The molecule has 0 bridgehead atoms. The van der Waals surface area contributed by atoms with Gasteiger partial charge in [-0.1, -0.05) is 44.9 Å². The molecule has 0 spiro atoms. The average Bonchev–Trinajstić information content (AvgIpc) is 2.66. The molecule has 0 aromatic heterocycles. The smallest absolute Gasteiger partial charge is 0.226 e. The summed E-state index contributed by atoms with van der Waals surface area (Å²) in [5.41, 5.74) is 1.59. The lowest BCUT2D eigenvalue weighted by Gasteiger charge is -2.38. The predicted molar refractivity (Wildman–Crippen MR) is 119 cm³/mol. The summed E-state index contributed by atoms with van der Waals surface area (Å²) >= 11 is 11.8. The third kappa shape index (κ3) is 6.07. The van der Waals surface area contributed by atoms with E-state index in [-0.39, 0.29) is 22.8 Å². The van der Waals surface area contributed by atoms with Crippen molar-refractivity contribution >= 4 is 52.1 Å². The fraction of sp³-hybridized carbons (Fsp3) is 0.550. The number of rotatable bonds is 6. The Kier molecular flexibility index (Phi) is 8.51. The number of benzene rings is 1. The van der Waals surface area contributed by atoms with Crippen LogP contribution in [0.25, 0.3) is 0 Å². The largest absolute Gasteiger partial charge is 0.365 e.